The van der Waals surface area contributed by atoms with E-state index in [4.69, 9.17) is 0 Å². The number of Topliss-reactive ketones (excluding diaryl/α,β-unsaturated/α-hetero) is 1. The quantitative estimate of drug-likeness (QED) is 0.892. The van der Waals surface area contributed by atoms with Crippen LogP contribution < -0.4 is 4.72 Å². The molecule has 2 bridgehead atoms. The molecule has 0 saturated carbocycles. The van der Waals surface area contributed by atoms with Crippen molar-refractivity contribution >= 4 is 15.8 Å². The second kappa shape index (κ2) is 5.47. The van der Waals surface area contributed by atoms with Gasteiger partial charge in [0.1, 0.15) is 5.82 Å². The first-order chi connectivity index (χ1) is 9.97. The van der Waals surface area contributed by atoms with Gasteiger partial charge in [0.2, 0.25) is 10.0 Å². The average molecular weight is 312 g/mol. The molecule has 0 radical (unpaired) electrons. The van der Waals surface area contributed by atoms with E-state index in [9.17, 15) is 17.6 Å². The molecular weight excluding hydrogens is 295 g/mol. The highest BCUT2D eigenvalue weighted by molar-refractivity contribution is 7.89. The van der Waals surface area contributed by atoms with Gasteiger partial charge < -0.3 is 0 Å². The maximum Gasteiger partial charge on any atom is 0.240 e. The molecule has 1 aromatic carbocycles. The van der Waals surface area contributed by atoms with Gasteiger partial charge in [-0.15, -0.1) is 0 Å². The predicted molar refractivity (Wildman–Crippen MR) is 74.7 cm³/mol. The lowest BCUT2D eigenvalue weighted by Gasteiger charge is -2.43. The Bertz CT molecular complexity index is 637. The zero-order valence-electron chi connectivity index (χ0n) is 11.5. The van der Waals surface area contributed by atoms with E-state index >= 15 is 0 Å². The van der Waals surface area contributed by atoms with Gasteiger partial charge in [0, 0.05) is 12.5 Å². The van der Waals surface area contributed by atoms with Gasteiger partial charge in [-0.05, 0) is 50.2 Å². The SMILES string of the molecule is O=C1C2CCN(CC2)C1CNS(=O)(=O)c1ccc(F)cc1. The molecule has 1 atom stereocenters. The number of nitrogens with zero attached hydrogens (tertiary/aromatic N) is 1. The molecule has 21 heavy (non-hydrogen) atoms. The molecule has 1 N–H and O–H groups in total. The number of benzene rings is 1. The molecule has 3 saturated heterocycles. The normalized spacial score (nSPS) is 28.8. The molecule has 5 nitrogen and oxygen atoms in total. The first-order valence-electron chi connectivity index (χ1n) is 7.00. The Balaban J connectivity index is 1.69. The van der Waals surface area contributed by atoms with E-state index in [0.29, 0.717) is 0 Å². The lowest BCUT2D eigenvalue weighted by Crippen LogP contribution is -2.59. The largest absolute Gasteiger partial charge is 0.298 e. The summed E-state index contributed by atoms with van der Waals surface area (Å²) >= 11 is 0. The third-order valence-electron chi connectivity index (χ3n) is 4.29. The smallest absolute Gasteiger partial charge is 0.240 e. The number of hydrogen-bond acceptors (Lipinski definition) is 4. The number of piperidine rings is 3. The maximum absolute atomic E-state index is 12.8. The summed E-state index contributed by atoms with van der Waals surface area (Å²) in [6, 6.07) is 4.27. The van der Waals surface area contributed by atoms with Gasteiger partial charge in [-0.25, -0.2) is 17.5 Å². The Hall–Kier alpha value is -1.31. The van der Waals surface area contributed by atoms with Crippen LogP contribution in [0.4, 0.5) is 4.39 Å². The van der Waals surface area contributed by atoms with E-state index in [0.717, 1.165) is 38.1 Å². The van der Waals surface area contributed by atoms with E-state index < -0.39 is 15.8 Å². The Morgan fingerprint density at radius 3 is 2.38 bits per heavy atom. The van der Waals surface area contributed by atoms with Crippen molar-refractivity contribution in [2.75, 3.05) is 19.6 Å². The van der Waals surface area contributed by atoms with Crippen molar-refractivity contribution in [1.82, 2.24) is 9.62 Å². The summed E-state index contributed by atoms with van der Waals surface area (Å²) in [5.41, 5.74) is 0. The lowest BCUT2D eigenvalue weighted by atomic mass is 9.82. The Labute approximate surface area is 123 Å². The molecule has 0 spiro atoms. The molecular formula is C14H17FN2O3S. The molecule has 3 fully saturated rings. The molecule has 3 heterocycles. The number of nitrogens with one attached hydrogen (secondary N) is 1. The zero-order chi connectivity index (χ0) is 15.0. The van der Waals surface area contributed by atoms with Crippen molar-refractivity contribution in [3.63, 3.8) is 0 Å². The number of rotatable bonds is 4. The number of carbonyl (C=O) groups is 1. The van der Waals surface area contributed by atoms with E-state index in [-0.39, 0.29) is 29.2 Å². The first-order valence-corrected chi connectivity index (χ1v) is 8.49. The molecule has 7 heteroatoms. The van der Waals surface area contributed by atoms with Gasteiger partial charge in [0.25, 0.3) is 0 Å². The van der Waals surface area contributed by atoms with Gasteiger partial charge in [0.05, 0.1) is 10.9 Å². The Kier molecular flexibility index (Phi) is 3.81. The number of ketones is 1. The number of carbonyl (C=O) groups excluding carboxylic acids is 1. The number of sulfonamides is 1. The second-order valence-corrected chi connectivity index (χ2v) is 7.30. The van der Waals surface area contributed by atoms with Crippen LogP contribution in [0.3, 0.4) is 0 Å². The van der Waals surface area contributed by atoms with Crippen LogP contribution in [0.15, 0.2) is 29.2 Å². The molecule has 1 aromatic rings. The maximum atomic E-state index is 12.8. The fourth-order valence-electron chi connectivity index (χ4n) is 3.06. The fourth-order valence-corrected chi connectivity index (χ4v) is 4.10. The van der Waals surface area contributed by atoms with Crippen molar-refractivity contribution in [3.8, 4) is 0 Å². The molecule has 3 aliphatic rings. The third kappa shape index (κ3) is 2.86. The number of hydrogen-bond donors (Lipinski definition) is 1. The number of fused-ring (bicyclic) bond motifs is 3. The van der Waals surface area contributed by atoms with Crippen LogP contribution in [0.1, 0.15) is 12.8 Å². The van der Waals surface area contributed by atoms with E-state index in [2.05, 4.69) is 4.72 Å². The van der Waals surface area contributed by atoms with E-state index in [1.54, 1.807) is 0 Å². The molecule has 0 amide bonds. The summed E-state index contributed by atoms with van der Waals surface area (Å²) in [6.07, 6.45) is 1.75. The standard InChI is InChI=1S/C14H17FN2O3S/c15-11-1-3-12(4-2-11)21(19,20)16-9-13-14(18)10-5-7-17(13)8-6-10/h1-4,10,13,16H,5-9H2. The van der Waals surface area contributed by atoms with Crippen LogP contribution in [0.2, 0.25) is 0 Å². The lowest BCUT2D eigenvalue weighted by molar-refractivity contribution is -0.136. The summed E-state index contributed by atoms with van der Waals surface area (Å²) in [5.74, 6) is -0.274. The van der Waals surface area contributed by atoms with Gasteiger partial charge >= 0.3 is 0 Å². The summed E-state index contributed by atoms with van der Waals surface area (Å²) in [7, 11) is -3.71. The zero-order valence-corrected chi connectivity index (χ0v) is 12.3. The van der Waals surface area contributed by atoms with Crippen LogP contribution >= 0.6 is 0 Å². The average Bonchev–Trinajstić information content (AvgIpc) is 2.48. The summed E-state index contributed by atoms with van der Waals surface area (Å²) in [6.45, 7) is 1.77. The summed E-state index contributed by atoms with van der Waals surface area (Å²) in [4.78, 5) is 14.2. The van der Waals surface area contributed by atoms with Crippen molar-refractivity contribution < 1.29 is 17.6 Å². The summed E-state index contributed by atoms with van der Waals surface area (Å²) in [5, 5.41) is 0. The Morgan fingerprint density at radius 1 is 1.19 bits per heavy atom. The Morgan fingerprint density at radius 2 is 1.81 bits per heavy atom. The van der Waals surface area contributed by atoms with Crippen molar-refractivity contribution in [3.05, 3.63) is 30.1 Å². The highest BCUT2D eigenvalue weighted by atomic mass is 32.2. The molecule has 0 aromatic heterocycles. The van der Waals surface area contributed by atoms with Crippen LogP contribution in [0.25, 0.3) is 0 Å². The first kappa shape index (κ1) is 14.6. The molecule has 114 valence electrons. The topological polar surface area (TPSA) is 66.5 Å². The van der Waals surface area contributed by atoms with Crippen molar-refractivity contribution in [2.45, 2.75) is 23.8 Å². The molecule has 3 aliphatic heterocycles. The molecule has 1 unspecified atom stereocenters. The predicted octanol–water partition coefficient (Wildman–Crippen LogP) is 0.767. The highest BCUT2D eigenvalue weighted by Gasteiger charge is 2.41. The van der Waals surface area contributed by atoms with Gasteiger partial charge in [0.15, 0.2) is 5.78 Å². The van der Waals surface area contributed by atoms with E-state index in [1.165, 1.54) is 12.1 Å². The van der Waals surface area contributed by atoms with Crippen LogP contribution in [-0.4, -0.2) is 44.8 Å². The third-order valence-corrected chi connectivity index (χ3v) is 5.73. The van der Waals surface area contributed by atoms with E-state index in [1.807, 2.05) is 4.90 Å². The molecule has 0 aliphatic carbocycles. The van der Waals surface area contributed by atoms with Gasteiger partial charge in [-0.2, -0.15) is 0 Å². The van der Waals surface area contributed by atoms with Crippen LogP contribution in [0, 0.1) is 11.7 Å². The van der Waals surface area contributed by atoms with Crippen LogP contribution in [-0.2, 0) is 14.8 Å². The minimum atomic E-state index is -3.71. The summed E-state index contributed by atoms with van der Waals surface area (Å²) < 4.78 is 39.6. The molecule has 4 rings (SSSR count). The van der Waals surface area contributed by atoms with Gasteiger partial charge in [-0.1, -0.05) is 0 Å². The minimum absolute atomic E-state index is 0.00678. The monoisotopic (exact) mass is 312 g/mol. The van der Waals surface area contributed by atoms with Crippen molar-refractivity contribution in [2.24, 2.45) is 5.92 Å². The van der Waals surface area contributed by atoms with Crippen LogP contribution in [0.5, 0.6) is 0 Å². The number of halogens is 1. The van der Waals surface area contributed by atoms with Gasteiger partial charge in [-0.3, -0.25) is 9.69 Å². The highest BCUT2D eigenvalue weighted by Crippen LogP contribution is 2.28. The minimum Gasteiger partial charge on any atom is -0.298 e. The van der Waals surface area contributed by atoms with Crippen molar-refractivity contribution in [1.29, 1.82) is 0 Å². The fraction of sp³-hybridized carbons (Fsp3) is 0.500. The second-order valence-electron chi connectivity index (χ2n) is 5.53.